The number of hydrogen-bond donors (Lipinski definition) is 0. The minimum Gasteiger partial charge on any atom is -0.340 e. The van der Waals surface area contributed by atoms with Crippen LogP contribution in [0.3, 0.4) is 0 Å². The predicted molar refractivity (Wildman–Crippen MR) is 111 cm³/mol. The number of hydrogen-bond acceptors (Lipinski definition) is 4. The topological polar surface area (TPSA) is 57.7 Å². The minimum atomic E-state index is -3.45. The number of rotatable bonds is 8. The maximum atomic E-state index is 12.6. The summed E-state index contributed by atoms with van der Waals surface area (Å²) in [6.45, 7) is 2.45. The van der Waals surface area contributed by atoms with Crippen molar-refractivity contribution in [2.24, 2.45) is 0 Å². The lowest BCUT2D eigenvalue weighted by Gasteiger charge is -2.21. The zero-order valence-corrected chi connectivity index (χ0v) is 17.8. The largest absolute Gasteiger partial charge is 0.340 e. The van der Waals surface area contributed by atoms with Gasteiger partial charge in [-0.3, -0.25) is 4.79 Å². The second-order valence-electron chi connectivity index (χ2n) is 6.57. The fraction of sp³-hybridized carbons (Fsp3) is 0.350. The van der Waals surface area contributed by atoms with E-state index in [9.17, 15) is 13.2 Å². The van der Waals surface area contributed by atoms with Crippen molar-refractivity contribution in [1.29, 1.82) is 0 Å². The first-order valence-corrected chi connectivity index (χ1v) is 11.1. The highest BCUT2D eigenvalue weighted by atomic mass is 32.2. The van der Waals surface area contributed by atoms with Crippen molar-refractivity contribution in [3.63, 3.8) is 0 Å². The number of carbonyl (C=O) groups excluding carboxylic acids is 1. The van der Waals surface area contributed by atoms with Gasteiger partial charge in [-0.25, -0.2) is 12.7 Å². The van der Waals surface area contributed by atoms with Gasteiger partial charge in [-0.05, 0) is 30.2 Å². The SMILES string of the molecule is C[C@H](SCc1cccc(S(=O)(=O)N(C)C)c1)C(=O)N(C)Cc1ccccc1. The zero-order chi connectivity index (χ0) is 20.0. The molecule has 0 saturated heterocycles. The molecule has 1 amide bonds. The summed E-state index contributed by atoms with van der Waals surface area (Å²) >= 11 is 1.50. The van der Waals surface area contributed by atoms with E-state index < -0.39 is 10.0 Å². The quantitative estimate of drug-likeness (QED) is 0.675. The van der Waals surface area contributed by atoms with E-state index in [0.29, 0.717) is 12.3 Å². The minimum absolute atomic E-state index is 0.0564. The molecular weight excluding hydrogens is 380 g/mol. The van der Waals surface area contributed by atoms with Crippen LogP contribution < -0.4 is 0 Å². The molecule has 2 aromatic rings. The van der Waals surface area contributed by atoms with E-state index in [2.05, 4.69) is 0 Å². The molecule has 0 fully saturated rings. The standard InChI is InChI=1S/C20H26N2O3S2/c1-16(20(23)22(4)14-17-9-6-5-7-10-17)26-15-18-11-8-12-19(13-18)27(24,25)21(2)3/h5-13,16H,14-15H2,1-4H3/t16-/m0/s1. The molecule has 146 valence electrons. The monoisotopic (exact) mass is 406 g/mol. The third kappa shape index (κ3) is 5.82. The molecule has 7 heteroatoms. The normalized spacial score (nSPS) is 12.8. The first kappa shape index (κ1) is 21.5. The highest BCUT2D eigenvalue weighted by Crippen LogP contribution is 2.22. The van der Waals surface area contributed by atoms with Gasteiger partial charge in [0.1, 0.15) is 0 Å². The molecule has 5 nitrogen and oxygen atoms in total. The summed E-state index contributed by atoms with van der Waals surface area (Å²) < 4.78 is 25.7. The van der Waals surface area contributed by atoms with Crippen LogP contribution >= 0.6 is 11.8 Å². The molecule has 1 atom stereocenters. The molecule has 0 heterocycles. The third-order valence-electron chi connectivity index (χ3n) is 4.16. The lowest BCUT2D eigenvalue weighted by Crippen LogP contribution is -2.32. The molecule has 0 aliphatic rings. The molecular formula is C20H26N2O3S2. The first-order chi connectivity index (χ1) is 12.7. The van der Waals surface area contributed by atoms with Crippen LogP contribution in [0.2, 0.25) is 0 Å². The van der Waals surface area contributed by atoms with Gasteiger partial charge in [0.15, 0.2) is 0 Å². The molecule has 0 spiro atoms. The van der Waals surface area contributed by atoms with E-state index in [4.69, 9.17) is 0 Å². The van der Waals surface area contributed by atoms with Crippen molar-refractivity contribution < 1.29 is 13.2 Å². The van der Waals surface area contributed by atoms with Crippen molar-refractivity contribution >= 4 is 27.7 Å². The Morgan fingerprint density at radius 3 is 2.26 bits per heavy atom. The Balaban J connectivity index is 1.97. The van der Waals surface area contributed by atoms with Crippen LogP contribution in [-0.2, 0) is 27.1 Å². The Labute approximate surface area is 166 Å². The molecule has 0 unspecified atom stereocenters. The molecule has 0 aliphatic heterocycles. The molecule has 27 heavy (non-hydrogen) atoms. The lowest BCUT2D eigenvalue weighted by molar-refractivity contribution is -0.129. The van der Waals surface area contributed by atoms with E-state index in [-0.39, 0.29) is 16.1 Å². The Morgan fingerprint density at radius 2 is 1.63 bits per heavy atom. The summed E-state index contributed by atoms with van der Waals surface area (Å²) in [4.78, 5) is 14.6. The Hall–Kier alpha value is -1.83. The van der Waals surface area contributed by atoms with E-state index in [1.54, 1.807) is 30.1 Å². The van der Waals surface area contributed by atoms with Gasteiger partial charge in [-0.2, -0.15) is 0 Å². The molecule has 0 aliphatic carbocycles. The molecule has 0 aromatic heterocycles. The van der Waals surface area contributed by atoms with Gasteiger partial charge < -0.3 is 4.90 Å². The summed E-state index contributed by atoms with van der Waals surface area (Å²) in [5.74, 6) is 0.629. The van der Waals surface area contributed by atoms with Crippen LogP contribution in [0, 0.1) is 0 Å². The molecule has 0 radical (unpaired) electrons. The lowest BCUT2D eigenvalue weighted by atomic mass is 10.2. The van der Waals surface area contributed by atoms with Crippen LogP contribution in [0.4, 0.5) is 0 Å². The fourth-order valence-electron chi connectivity index (χ4n) is 2.54. The fourth-order valence-corrected chi connectivity index (χ4v) is 4.46. The van der Waals surface area contributed by atoms with E-state index in [1.165, 1.54) is 30.2 Å². The maximum Gasteiger partial charge on any atom is 0.242 e. The molecule has 0 bridgehead atoms. The average Bonchev–Trinajstić information content (AvgIpc) is 2.66. The van der Waals surface area contributed by atoms with Gasteiger partial charge in [-0.1, -0.05) is 42.5 Å². The summed E-state index contributed by atoms with van der Waals surface area (Å²) in [5, 5.41) is -0.215. The Bertz CT molecular complexity index is 868. The molecule has 0 saturated carbocycles. The number of thioether (sulfide) groups is 1. The summed E-state index contributed by atoms with van der Waals surface area (Å²) in [6, 6.07) is 16.7. The summed E-state index contributed by atoms with van der Waals surface area (Å²) in [6.07, 6.45) is 0. The van der Waals surface area contributed by atoms with Crippen molar-refractivity contribution in [3.8, 4) is 0 Å². The molecule has 0 N–H and O–H groups in total. The number of sulfonamides is 1. The van der Waals surface area contributed by atoms with Crippen LogP contribution in [-0.4, -0.2) is 49.9 Å². The summed E-state index contributed by atoms with van der Waals surface area (Å²) in [7, 11) is 1.38. The van der Waals surface area contributed by atoms with Crippen LogP contribution in [0.15, 0.2) is 59.5 Å². The number of carbonyl (C=O) groups is 1. The second-order valence-corrected chi connectivity index (χ2v) is 10.0. The van der Waals surface area contributed by atoms with E-state index >= 15 is 0 Å². The zero-order valence-electron chi connectivity index (χ0n) is 16.1. The van der Waals surface area contributed by atoms with Crippen LogP contribution in [0.25, 0.3) is 0 Å². The highest BCUT2D eigenvalue weighted by molar-refractivity contribution is 7.99. The predicted octanol–water partition coefficient (Wildman–Crippen LogP) is 3.22. The smallest absolute Gasteiger partial charge is 0.242 e. The second kappa shape index (κ2) is 9.39. The number of nitrogens with zero attached hydrogens (tertiary/aromatic N) is 2. The van der Waals surface area contributed by atoms with Crippen molar-refractivity contribution in [1.82, 2.24) is 9.21 Å². The maximum absolute atomic E-state index is 12.6. The van der Waals surface area contributed by atoms with E-state index in [1.807, 2.05) is 43.3 Å². The van der Waals surface area contributed by atoms with Crippen molar-refractivity contribution in [2.75, 3.05) is 21.1 Å². The Kier molecular flexibility index (Phi) is 7.47. The van der Waals surface area contributed by atoms with Gasteiger partial charge in [0, 0.05) is 33.4 Å². The third-order valence-corrected chi connectivity index (χ3v) is 7.18. The average molecular weight is 407 g/mol. The van der Waals surface area contributed by atoms with Crippen LogP contribution in [0.1, 0.15) is 18.1 Å². The van der Waals surface area contributed by atoms with E-state index in [0.717, 1.165) is 11.1 Å². The highest BCUT2D eigenvalue weighted by Gasteiger charge is 2.20. The van der Waals surface area contributed by atoms with Gasteiger partial charge in [0.2, 0.25) is 15.9 Å². The van der Waals surface area contributed by atoms with Gasteiger partial charge >= 0.3 is 0 Å². The van der Waals surface area contributed by atoms with Gasteiger partial charge in [0.25, 0.3) is 0 Å². The van der Waals surface area contributed by atoms with Gasteiger partial charge in [-0.15, -0.1) is 11.8 Å². The summed E-state index contributed by atoms with van der Waals surface area (Å²) in [5.41, 5.74) is 1.97. The number of benzene rings is 2. The Morgan fingerprint density at radius 1 is 1.00 bits per heavy atom. The molecule has 2 rings (SSSR count). The number of amides is 1. The van der Waals surface area contributed by atoms with Gasteiger partial charge in [0.05, 0.1) is 10.1 Å². The first-order valence-electron chi connectivity index (χ1n) is 8.64. The van der Waals surface area contributed by atoms with Crippen LogP contribution in [0.5, 0.6) is 0 Å². The van der Waals surface area contributed by atoms with Crippen molar-refractivity contribution in [2.45, 2.75) is 29.4 Å². The van der Waals surface area contributed by atoms with Crippen molar-refractivity contribution in [3.05, 3.63) is 65.7 Å². The molecule has 2 aromatic carbocycles.